The van der Waals surface area contributed by atoms with E-state index in [-0.39, 0.29) is 11.3 Å². The van der Waals surface area contributed by atoms with E-state index in [1.807, 2.05) is 0 Å². The molecule has 1 saturated heterocycles. The molecule has 0 bridgehead atoms. The van der Waals surface area contributed by atoms with E-state index in [4.69, 9.17) is 5.26 Å². The minimum atomic E-state index is -3.67. The topological polar surface area (TPSA) is 73.2 Å². The van der Waals surface area contributed by atoms with Gasteiger partial charge in [-0.1, -0.05) is 6.42 Å². The molecule has 1 aromatic rings. The largest absolute Gasteiger partial charge is 0.301 e. The Morgan fingerprint density at radius 3 is 2.58 bits per heavy atom. The molecule has 19 heavy (non-hydrogen) atoms. The Hall–Kier alpha value is -1.65. The molecule has 0 spiro atoms. The van der Waals surface area contributed by atoms with Crippen LogP contribution in [0.4, 0.5) is 10.1 Å². The van der Waals surface area contributed by atoms with Crippen LogP contribution in [-0.4, -0.2) is 25.8 Å². The van der Waals surface area contributed by atoms with E-state index >= 15 is 0 Å². The third-order valence-electron chi connectivity index (χ3n) is 3.00. The lowest BCUT2D eigenvalue weighted by molar-refractivity contribution is 0.349. The maximum absolute atomic E-state index is 13.0. The molecule has 2 rings (SSSR count). The van der Waals surface area contributed by atoms with Gasteiger partial charge in [-0.25, -0.2) is 4.39 Å². The smallest absolute Gasteiger partial charge is 0.270 e. The molecule has 0 aliphatic carbocycles. The first kappa shape index (κ1) is 13.8. The zero-order valence-corrected chi connectivity index (χ0v) is 11.1. The Morgan fingerprint density at radius 1 is 1.26 bits per heavy atom. The van der Waals surface area contributed by atoms with Crippen molar-refractivity contribution < 1.29 is 12.8 Å². The second-order valence-corrected chi connectivity index (χ2v) is 6.04. The van der Waals surface area contributed by atoms with E-state index in [1.165, 1.54) is 10.4 Å². The van der Waals surface area contributed by atoms with Crippen molar-refractivity contribution in [1.82, 2.24) is 4.31 Å². The molecule has 0 unspecified atom stereocenters. The number of nitrogens with zero attached hydrogens (tertiary/aromatic N) is 2. The highest BCUT2D eigenvalue weighted by molar-refractivity contribution is 7.90. The maximum atomic E-state index is 13.0. The number of benzene rings is 1. The Balaban J connectivity index is 2.23. The quantitative estimate of drug-likeness (QED) is 0.920. The van der Waals surface area contributed by atoms with Gasteiger partial charge >= 0.3 is 10.2 Å². The summed E-state index contributed by atoms with van der Waals surface area (Å²) in [6, 6.07) is 5.16. The van der Waals surface area contributed by atoms with Gasteiger partial charge in [0.15, 0.2) is 0 Å². The van der Waals surface area contributed by atoms with Crippen LogP contribution in [0.25, 0.3) is 0 Å². The molecule has 1 heterocycles. The summed E-state index contributed by atoms with van der Waals surface area (Å²) in [6.07, 6.45) is 2.68. The molecule has 1 fully saturated rings. The molecular formula is C12H14FN3O2S. The van der Waals surface area contributed by atoms with Gasteiger partial charge in [-0.05, 0) is 31.0 Å². The minimum absolute atomic E-state index is 0.0272. The first-order chi connectivity index (χ1) is 9.03. The zero-order chi connectivity index (χ0) is 13.9. The lowest BCUT2D eigenvalue weighted by atomic mass is 10.2. The number of hydrogen-bond donors (Lipinski definition) is 1. The fraction of sp³-hybridized carbons (Fsp3) is 0.417. The van der Waals surface area contributed by atoms with Gasteiger partial charge in [0.25, 0.3) is 0 Å². The highest BCUT2D eigenvalue weighted by Crippen LogP contribution is 2.20. The van der Waals surface area contributed by atoms with Crippen LogP contribution < -0.4 is 4.72 Å². The SMILES string of the molecule is N#Cc1cc(F)ccc1NS(=O)(=O)N1CCCCC1. The van der Waals surface area contributed by atoms with Crippen LogP contribution in [0, 0.1) is 17.1 Å². The fourth-order valence-electron chi connectivity index (χ4n) is 2.01. The van der Waals surface area contributed by atoms with E-state index in [0.717, 1.165) is 31.4 Å². The average Bonchev–Trinajstić information content (AvgIpc) is 2.41. The normalized spacial score (nSPS) is 16.8. The number of anilines is 1. The van der Waals surface area contributed by atoms with Crippen molar-refractivity contribution in [3.63, 3.8) is 0 Å². The summed E-state index contributed by atoms with van der Waals surface area (Å²) in [5, 5.41) is 8.88. The number of rotatable bonds is 3. The third-order valence-corrected chi connectivity index (χ3v) is 4.52. The third kappa shape index (κ3) is 3.22. The molecule has 1 aliphatic rings. The zero-order valence-electron chi connectivity index (χ0n) is 10.3. The van der Waals surface area contributed by atoms with Gasteiger partial charge in [0.1, 0.15) is 11.9 Å². The number of hydrogen-bond acceptors (Lipinski definition) is 3. The van der Waals surface area contributed by atoms with Gasteiger partial charge in [-0.15, -0.1) is 0 Å². The van der Waals surface area contributed by atoms with Gasteiger partial charge in [0, 0.05) is 13.1 Å². The summed E-state index contributed by atoms with van der Waals surface area (Å²) in [7, 11) is -3.67. The number of halogens is 1. The summed E-state index contributed by atoms with van der Waals surface area (Å²) in [5.74, 6) is -0.572. The standard InChI is InChI=1S/C12H14FN3O2S/c13-11-4-5-12(10(8-11)9-14)15-19(17,18)16-6-2-1-3-7-16/h4-5,8,15H,1-3,6-7H2. The van der Waals surface area contributed by atoms with Gasteiger partial charge < -0.3 is 0 Å². The second-order valence-electron chi connectivity index (χ2n) is 4.37. The van der Waals surface area contributed by atoms with Gasteiger partial charge in [0.2, 0.25) is 0 Å². The predicted octanol–water partition coefficient (Wildman–Crippen LogP) is 1.84. The van der Waals surface area contributed by atoms with Crippen molar-refractivity contribution in [2.75, 3.05) is 17.8 Å². The number of nitrogens with one attached hydrogen (secondary N) is 1. The van der Waals surface area contributed by atoms with Crippen LogP contribution in [0.5, 0.6) is 0 Å². The molecule has 1 N–H and O–H groups in total. The lowest BCUT2D eigenvalue weighted by Crippen LogP contribution is -2.39. The summed E-state index contributed by atoms with van der Waals surface area (Å²) < 4.78 is 40.9. The van der Waals surface area contributed by atoms with E-state index in [0.29, 0.717) is 13.1 Å². The summed E-state index contributed by atoms with van der Waals surface area (Å²) in [4.78, 5) is 0. The van der Waals surface area contributed by atoms with Crippen molar-refractivity contribution >= 4 is 15.9 Å². The van der Waals surface area contributed by atoms with Gasteiger partial charge in [-0.3, -0.25) is 4.72 Å². The molecule has 0 radical (unpaired) electrons. The molecule has 102 valence electrons. The summed E-state index contributed by atoms with van der Waals surface area (Å²) >= 11 is 0. The van der Waals surface area contributed by atoms with Crippen LogP contribution >= 0.6 is 0 Å². The average molecular weight is 283 g/mol. The maximum Gasteiger partial charge on any atom is 0.301 e. The van der Waals surface area contributed by atoms with Gasteiger partial charge in [-0.2, -0.15) is 18.0 Å². The van der Waals surface area contributed by atoms with Crippen LogP contribution in [0.1, 0.15) is 24.8 Å². The van der Waals surface area contributed by atoms with E-state index in [1.54, 1.807) is 6.07 Å². The molecule has 0 saturated carbocycles. The molecule has 1 aromatic carbocycles. The van der Waals surface area contributed by atoms with E-state index in [9.17, 15) is 12.8 Å². The Kier molecular flexibility index (Phi) is 4.02. The number of nitriles is 1. The van der Waals surface area contributed by atoms with E-state index in [2.05, 4.69) is 4.72 Å². The van der Waals surface area contributed by atoms with Crippen molar-refractivity contribution in [3.8, 4) is 6.07 Å². The number of piperidine rings is 1. The molecule has 0 aromatic heterocycles. The lowest BCUT2D eigenvalue weighted by Gasteiger charge is -2.26. The molecule has 1 aliphatic heterocycles. The predicted molar refractivity (Wildman–Crippen MR) is 69.1 cm³/mol. The Bertz CT molecular complexity index is 604. The van der Waals surface area contributed by atoms with Crippen LogP contribution in [0.15, 0.2) is 18.2 Å². The van der Waals surface area contributed by atoms with Gasteiger partial charge in [0.05, 0.1) is 11.3 Å². The Labute approximate surface area is 111 Å². The monoisotopic (exact) mass is 283 g/mol. The molecule has 0 atom stereocenters. The van der Waals surface area contributed by atoms with Crippen molar-refractivity contribution in [3.05, 3.63) is 29.6 Å². The first-order valence-corrected chi connectivity index (χ1v) is 7.44. The van der Waals surface area contributed by atoms with Crippen molar-refractivity contribution in [1.29, 1.82) is 5.26 Å². The fourth-order valence-corrected chi connectivity index (χ4v) is 3.33. The van der Waals surface area contributed by atoms with Crippen LogP contribution in [-0.2, 0) is 10.2 Å². The molecule has 5 nitrogen and oxygen atoms in total. The second kappa shape index (κ2) is 5.55. The minimum Gasteiger partial charge on any atom is -0.270 e. The molecule has 7 heteroatoms. The molecular weight excluding hydrogens is 269 g/mol. The summed E-state index contributed by atoms with van der Waals surface area (Å²) in [6.45, 7) is 0.941. The first-order valence-electron chi connectivity index (χ1n) is 6.00. The Morgan fingerprint density at radius 2 is 1.95 bits per heavy atom. The highest BCUT2D eigenvalue weighted by Gasteiger charge is 2.24. The van der Waals surface area contributed by atoms with Crippen LogP contribution in [0.3, 0.4) is 0 Å². The van der Waals surface area contributed by atoms with E-state index < -0.39 is 16.0 Å². The molecule has 0 amide bonds. The highest BCUT2D eigenvalue weighted by atomic mass is 32.2. The van der Waals surface area contributed by atoms with Crippen LogP contribution in [0.2, 0.25) is 0 Å². The van der Waals surface area contributed by atoms with Crippen molar-refractivity contribution in [2.24, 2.45) is 0 Å². The van der Waals surface area contributed by atoms with Crippen molar-refractivity contribution in [2.45, 2.75) is 19.3 Å². The summed E-state index contributed by atoms with van der Waals surface area (Å²) in [5.41, 5.74) is 0.0788.